The summed E-state index contributed by atoms with van der Waals surface area (Å²) in [6, 6.07) is 9.19. The average Bonchev–Trinajstić information content (AvgIpc) is 3.55. The molecule has 0 bridgehead atoms. The number of carbonyl (C=O) groups is 1. The summed E-state index contributed by atoms with van der Waals surface area (Å²) >= 11 is 12.7. The molecule has 42 heavy (non-hydrogen) atoms. The monoisotopic (exact) mass is 609 g/mol. The minimum atomic E-state index is -0.506. The van der Waals surface area contributed by atoms with E-state index in [1.54, 1.807) is 23.1 Å². The number of ether oxygens (including phenoxy) is 1. The molecule has 0 radical (unpaired) electrons. The highest BCUT2D eigenvalue weighted by Crippen LogP contribution is 2.34. The Balaban J connectivity index is 1.23. The van der Waals surface area contributed by atoms with Crippen LogP contribution in [0.2, 0.25) is 10.0 Å². The summed E-state index contributed by atoms with van der Waals surface area (Å²) in [6.45, 7) is 8.42. The predicted octanol–water partition coefficient (Wildman–Crippen LogP) is 5.96. The van der Waals surface area contributed by atoms with Gasteiger partial charge in [-0.2, -0.15) is 0 Å². The molecule has 0 spiro atoms. The van der Waals surface area contributed by atoms with Crippen molar-refractivity contribution in [2.24, 2.45) is 7.05 Å². The Hall–Kier alpha value is -3.60. The van der Waals surface area contributed by atoms with Crippen molar-refractivity contribution in [3.05, 3.63) is 62.6 Å². The molecule has 4 aromatic rings. The summed E-state index contributed by atoms with van der Waals surface area (Å²) in [5.74, 6) is 1.09. The van der Waals surface area contributed by atoms with Crippen molar-refractivity contribution in [2.45, 2.75) is 45.3 Å². The molecular weight excluding hydrogens is 577 g/mol. The summed E-state index contributed by atoms with van der Waals surface area (Å²) < 4.78 is 7.34. The van der Waals surface area contributed by atoms with Crippen LogP contribution in [-0.2, 0) is 11.8 Å². The van der Waals surface area contributed by atoms with Crippen LogP contribution in [0.5, 0.6) is 0 Å². The van der Waals surface area contributed by atoms with Crippen molar-refractivity contribution in [1.82, 2.24) is 29.3 Å². The van der Waals surface area contributed by atoms with Crippen LogP contribution in [0.25, 0.3) is 27.5 Å². The van der Waals surface area contributed by atoms with Gasteiger partial charge in [0.1, 0.15) is 11.4 Å². The van der Waals surface area contributed by atoms with Gasteiger partial charge in [-0.15, -0.1) is 0 Å². The minimum Gasteiger partial charge on any atom is -0.444 e. The Labute approximate surface area is 253 Å². The van der Waals surface area contributed by atoms with E-state index in [1.165, 1.54) is 0 Å². The second-order valence-corrected chi connectivity index (χ2v) is 12.6. The SMILES string of the molecule is Cn1c(Nc2c(Cl)cccc2Cl)nc2ccc3nc(C4=C[C@@H](N5CCN(C(=O)OC(C)(C)C)CC5)CC4)[nH]c(=O)c3c21. The smallest absolute Gasteiger partial charge is 0.410 e. The minimum absolute atomic E-state index is 0.221. The number of fused-ring (bicyclic) bond motifs is 3. The van der Waals surface area contributed by atoms with Crippen LogP contribution in [0.15, 0.2) is 41.2 Å². The number of benzene rings is 2. The highest BCUT2D eigenvalue weighted by molar-refractivity contribution is 6.39. The number of H-pyrrole nitrogens is 1. The fourth-order valence-corrected chi connectivity index (χ4v) is 6.16. The van der Waals surface area contributed by atoms with E-state index in [0.29, 0.717) is 62.5 Å². The number of hydrogen-bond acceptors (Lipinski definition) is 7. The summed E-state index contributed by atoms with van der Waals surface area (Å²) in [5.41, 5.74) is 2.76. The van der Waals surface area contributed by atoms with Crippen LogP contribution in [0.1, 0.15) is 39.4 Å². The van der Waals surface area contributed by atoms with Gasteiger partial charge in [0.2, 0.25) is 5.95 Å². The molecule has 0 saturated carbocycles. The Kier molecular flexibility index (Phi) is 7.41. The normalized spacial score (nSPS) is 18.1. The molecule has 1 atom stereocenters. The zero-order valence-electron chi connectivity index (χ0n) is 24.0. The van der Waals surface area contributed by atoms with Gasteiger partial charge < -0.3 is 24.5 Å². The number of nitrogens with one attached hydrogen (secondary N) is 2. The molecule has 220 valence electrons. The molecule has 3 heterocycles. The van der Waals surface area contributed by atoms with E-state index in [2.05, 4.69) is 26.3 Å². The molecule has 1 aliphatic carbocycles. The number of para-hydroxylation sites is 1. The zero-order chi connectivity index (χ0) is 29.8. The quantitative estimate of drug-likeness (QED) is 0.294. The van der Waals surface area contributed by atoms with Gasteiger partial charge in [0.25, 0.3) is 5.56 Å². The van der Waals surface area contributed by atoms with Crippen LogP contribution in [0.3, 0.4) is 0 Å². The van der Waals surface area contributed by atoms with Crippen LogP contribution < -0.4 is 10.9 Å². The number of carbonyl (C=O) groups excluding carboxylic acids is 1. The lowest BCUT2D eigenvalue weighted by Crippen LogP contribution is -2.52. The maximum Gasteiger partial charge on any atom is 0.410 e. The van der Waals surface area contributed by atoms with Gasteiger partial charge in [-0.05, 0) is 63.5 Å². The van der Waals surface area contributed by atoms with E-state index in [4.69, 9.17) is 32.9 Å². The number of imidazole rings is 1. The topological polar surface area (TPSA) is 108 Å². The molecular formula is C30H33Cl2N7O3. The van der Waals surface area contributed by atoms with Crippen molar-refractivity contribution in [3.8, 4) is 0 Å². The second-order valence-electron chi connectivity index (χ2n) is 11.8. The number of piperazine rings is 1. The van der Waals surface area contributed by atoms with Crippen molar-refractivity contribution in [2.75, 3.05) is 31.5 Å². The Morgan fingerprint density at radius 2 is 1.74 bits per heavy atom. The van der Waals surface area contributed by atoms with E-state index in [-0.39, 0.29) is 17.7 Å². The number of anilines is 2. The van der Waals surface area contributed by atoms with Crippen molar-refractivity contribution in [3.63, 3.8) is 0 Å². The molecule has 1 amide bonds. The molecule has 2 aromatic heterocycles. The lowest BCUT2D eigenvalue weighted by molar-refractivity contribution is 0.0123. The number of nitrogens with zero attached hydrogens (tertiary/aromatic N) is 5. The standard InChI is InChI=1S/C30H33Cl2N7O3/c1-30(2,3)42-29(41)39-14-12-38(13-15-39)18-9-8-17(16-18)26-33-21-10-11-22-25(23(21)27(40)36-26)37(4)28(34-22)35-24-19(31)6-5-7-20(24)32/h5-7,10-11,16,18H,8-9,12-15H2,1-4H3,(H,34,35)(H,33,36,40)/t18-/m0/s1. The fraction of sp³-hybridized carbons (Fsp3) is 0.400. The van der Waals surface area contributed by atoms with Crippen molar-refractivity contribution >= 4 is 68.4 Å². The molecule has 2 aromatic carbocycles. The highest BCUT2D eigenvalue weighted by atomic mass is 35.5. The van der Waals surface area contributed by atoms with Gasteiger partial charge in [-0.3, -0.25) is 9.69 Å². The van der Waals surface area contributed by atoms with Gasteiger partial charge in [-0.1, -0.05) is 35.3 Å². The Morgan fingerprint density at radius 1 is 1.05 bits per heavy atom. The summed E-state index contributed by atoms with van der Waals surface area (Å²) in [6.07, 6.45) is 3.68. The van der Waals surface area contributed by atoms with E-state index in [9.17, 15) is 9.59 Å². The number of amides is 1. The lowest BCUT2D eigenvalue weighted by atomic mass is 10.1. The number of aromatic amines is 1. The molecule has 10 nitrogen and oxygen atoms in total. The van der Waals surface area contributed by atoms with Gasteiger partial charge in [0.05, 0.1) is 37.7 Å². The fourth-order valence-electron chi connectivity index (χ4n) is 5.67. The molecule has 6 rings (SSSR count). The molecule has 2 N–H and O–H groups in total. The number of halogens is 2. The van der Waals surface area contributed by atoms with Gasteiger partial charge in [0, 0.05) is 39.3 Å². The predicted molar refractivity (Wildman–Crippen MR) is 167 cm³/mol. The molecule has 1 saturated heterocycles. The maximum atomic E-state index is 13.5. The molecule has 0 unspecified atom stereocenters. The summed E-state index contributed by atoms with van der Waals surface area (Å²) in [4.78, 5) is 42.7. The van der Waals surface area contributed by atoms with E-state index in [0.717, 1.165) is 31.5 Å². The Morgan fingerprint density at radius 3 is 2.43 bits per heavy atom. The first-order valence-electron chi connectivity index (χ1n) is 14.0. The van der Waals surface area contributed by atoms with E-state index in [1.807, 2.05) is 44.5 Å². The van der Waals surface area contributed by atoms with Gasteiger partial charge in [-0.25, -0.2) is 14.8 Å². The van der Waals surface area contributed by atoms with Crippen LogP contribution in [-0.4, -0.2) is 73.2 Å². The number of allylic oxidation sites excluding steroid dienone is 1. The second kappa shape index (κ2) is 10.9. The van der Waals surface area contributed by atoms with E-state index < -0.39 is 5.60 Å². The zero-order valence-corrected chi connectivity index (χ0v) is 25.5. The van der Waals surface area contributed by atoms with Crippen LogP contribution in [0, 0.1) is 0 Å². The lowest BCUT2D eigenvalue weighted by Gasteiger charge is -2.37. The molecule has 1 aliphatic heterocycles. The number of rotatable bonds is 4. The number of aromatic nitrogens is 4. The Bertz CT molecular complexity index is 1760. The third kappa shape index (κ3) is 5.46. The largest absolute Gasteiger partial charge is 0.444 e. The molecule has 1 fully saturated rings. The number of aryl methyl sites for hydroxylation is 1. The maximum absolute atomic E-state index is 13.5. The third-order valence-electron chi connectivity index (χ3n) is 7.75. The average molecular weight is 611 g/mol. The van der Waals surface area contributed by atoms with Crippen molar-refractivity contribution < 1.29 is 9.53 Å². The summed E-state index contributed by atoms with van der Waals surface area (Å²) in [5, 5.41) is 4.61. The van der Waals surface area contributed by atoms with Crippen LogP contribution in [0.4, 0.5) is 16.4 Å². The molecule has 12 heteroatoms. The van der Waals surface area contributed by atoms with Gasteiger partial charge >= 0.3 is 6.09 Å². The summed E-state index contributed by atoms with van der Waals surface area (Å²) in [7, 11) is 1.84. The first-order chi connectivity index (χ1) is 20.0. The van der Waals surface area contributed by atoms with Crippen molar-refractivity contribution in [1.29, 1.82) is 0 Å². The number of hydrogen-bond donors (Lipinski definition) is 2. The first kappa shape index (κ1) is 28.5. The van der Waals surface area contributed by atoms with Gasteiger partial charge in [0.15, 0.2) is 0 Å². The highest BCUT2D eigenvalue weighted by Gasteiger charge is 2.30. The third-order valence-corrected chi connectivity index (χ3v) is 8.38. The van der Waals surface area contributed by atoms with E-state index >= 15 is 0 Å². The molecule has 2 aliphatic rings. The van der Waals surface area contributed by atoms with Crippen LogP contribution >= 0.6 is 23.2 Å². The first-order valence-corrected chi connectivity index (χ1v) is 14.8.